The monoisotopic (exact) mass is 474 g/mol. The van der Waals surface area contributed by atoms with Crippen molar-refractivity contribution in [3.05, 3.63) is 28.7 Å². The number of rotatable bonds is 12. The Morgan fingerprint density at radius 3 is 2.77 bits per heavy atom. The molecule has 31 heavy (non-hydrogen) atoms. The minimum atomic E-state index is -2.99. The first kappa shape index (κ1) is 25.0. The van der Waals surface area contributed by atoms with Gasteiger partial charge in [0, 0.05) is 13.1 Å². The van der Waals surface area contributed by atoms with Crippen LogP contribution < -0.4 is 14.8 Å². The molecule has 170 valence electrons. The SMILES string of the molecule is CCCCSCC(=O)NCCN1C(=O)S/C(=C\c2ccc(OC(F)F)c(OC)c2)C1=O. The van der Waals surface area contributed by atoms with Gasteiger partial charge in [0.2, 0.25) is 5.91 Å². The topological polar surface area (TPSA) is 84.9 Å². The highest BCUT2D eigenvalue weighted by molar-refractivity contribution is 8.18. The highest BCUT2D eigenvalue weighted by Gasteiger charge is 2.34. The van der Waals surface area contributed by atoms with Crippen molar-refractivity contribution in [1.29, 1.82) is 0 Å². The van der Waals surface area contributed by atoms with Gasteiger partial charge in [-0.25, -0.2) is 0 Å². The second kappa shape index (κ2) is 12.6. The highest BCUT2D eigenvalue weighted by atomic mass is 32.2. The molecule has 1 aliphatic rings. The highest BCUT2D eigenvalue weighted by Crippen LogP contribution is 2.34. The third kappa shape index (κ3) is 7.73. The van der Waals surface area contributed by atoms with Crippen LogP contribution in [0.25, 0.3) is 6.08 Å². The number of methoxy groups -OCH3 is 1. The summed E-state index contributed by atoms with van der Waals surface area (Å²) in [5.41, 5.74) is 0.487. The van der Waals surface area contributed by atoms with Gasteiger partial charge in [0.15, 0.2) is 11.5 Å². The van der Waals surface area contributed by atoms with E-state index in [0.717, 1.165) is 35.3 Å². The summed E-state index contributed by atoms with van der Waals surface area (Å²) in [7, 11) is 1.31. The van der Waals surface area contributed by atoms with E-state index in [4.69, 9.17) is 4.74 Å². The van der Waals surface area contributed by atoms with E-state index in [2.05, 4.69) is 17.0 Å². The molecule has 0 unspecified atom stereocenters. The van der Waals surface area contributed by atoms with Crippen LogP contribution in [-0.2, 0) is 9.59 Å². The number of thioether (sulfide) groups is 2. The molecule has 0 bridgehead atoms. The van der Waals surface area contributed by atoms with Gasteiger partial charge < -0.3 is 14.8 Å². The second-order valence-corrected chi connectivity index (χ2v) is 8.48. The van der Waals surface area contributed by atoms with Gasteiger partial charge in [-0.3, -0.25) is 19.3 Å². The number of benzene rings is 1. The number of alkyl halides is 2. The molecule has 1 saturated heterocycles. The van der Waals surface area contributed by atoms with Gasteiger partial charge in [-0.2, -0.15) is 20.5 Å². The molecule has 7 nitrogen and oxygen atoms in total. The van der Waals surface area contributed by atoms with Crippen LogP contribution in [-0.4, -0.2) is 60.3 Å². The van der Waals surface area contributed by atoms with E-state index in [9.17, 15) is 23.2 Å². The van der Waals surface area contributed by atoms with E-state index in [-0.39, 0.29) is 35.4 Å². The standard InChI is InChI=1S/C20H24F2N2O5S2/c1-3-4-9-30-12-17(25)23-7-8-24-18(26)16(31-20(24)27)11-13-5-6-14(29-19(21)22)15(10-13)28-2/h5-6,10-11,19H,3-4,7-9,12H2,1-2H3,(H,23,25)/b16-11-. The largest absolute Gasteiger partial charge is 0.493 e. The molecule has 2 rings (SSSR count). The fourth-order valence-electron chi connectivity index (χ4n) is 2.58. The minimum Gasteiger partial charge on any atom is -0.493 e. The maximum atomic E-state index is 12.6. The molecular weight excluding hydrogens is 450 g/mol. The molecule has 0 radical (unpaired) electrons. The van der Waals surface area contributed by atoms with Gasteiger partial charge in [0.05, 0.1) is 17.8 Å². The van der Waals surface area contributed by atoms with Crippen LogP contribution in [0.5, 0.6) is 11.5 Å². The summed E-state index contributed by atoms with van der Waals surface area (Å²) in [6, 6.07) is 4.21. The van der Waals surface area contributed by atoms with Gasteiger partial charge in [-0.05, 0) is 47.7 Å². The summed E-state index contributed by atoms with van der Waals surface area (Å²) < 4.78 is 34.3. The van der Waals surface area contributed by atoms with Crippen LogP contribution in [0.4, 0.5) is 13.6 Å². The maximum absolute atomic E-state index is 12.6. The van der Waals surface area contributed by atoms with Crippen molar-refractivity contribution >= 4 is 46.7 Å². The third-order valence-electron chi connectivity index (χ3n) is 4.11. The Bertz CT molecular complexity index is 836. The molecule has 0 saturated carbocycles. The molecule has 1 fully saturated rings. The zero-order valence-electron chi connectivity index (χ0n) is 17.2. The van der Waals surface area contributed by atoms with Crippen LogP contribution in [0.1, 0.15) is 25.3 Å². The molecule has 0 aliphatic carbocycles. The Hall–Kier alpha value is -2.27. The Labute approximate surface area is 187 Å². The molecule has 3 amide bonds. The Kier molecular flexibility index (Phi) is 10.1. The third-order valence-corrected chi connectivity index (χ3v) is 6.06. The zero-order chi connectivity index (χ0) is 22.8. The number of ether oxygens (including phenoxy) is 2. The predicted molar refractivity (Wildman–Crippen MR) is 118 cm³/mol. The summed E-state index contributed by atoms with van der Waals surface area (Å²) in [4.78, 5) is 37.8. The fraction of sp³-hybridized carbons (Fsp3) is 0.450. The number of carbonyl (C=O) groups excluding carboxylic acids is 3. The Morgan fingerprint density at radius 2 is 2.10 bits per heavy atom. The Balaban J connectivity index is 1.94. The lowest BCUT2D eigenvalue weighted by Crippen LogP contribution is -2.37. The van der Waals surface area contributed by atoms with Crippen LogP contribution in [0.3, 0.4) is 0 Å². The van der Waals surface area contributed by atoms with Gasteiger partial charge in [-0.15, -0.1) is 0 Å². The average Bonchev–Trinajstić information content (AvgIpc) is 2.99. The molecule has 1 heterocycles. The molecule has 1 aromatic rings. The van der Waals surface area contributed by atoms with Crippen molar-refractivity contribution in [2.24, 2.45) is 0 Å². The number of hydrogen-bond donors (Lipinski definition) is 1. The van der Waals surface area contributed by atoms with Crippen molar-refractivity contribution in [1.82, 2.24) is 10.2 Å². The van der Waals surface area contributed by atoms with E-state index in [0.29, 0.717) is 11.3 Å². The number of unbranched alkanes of at least 4 members (excludes halogenated alkanes) is 1. The lowest BCUT2D eigenvalue weighted by molar-refractivity contribution is -0.123. The molecule has 0 atom stereocenters. The summed E-state index contributed by atoms with van der Waals surface area (Å²) in [5, 5.41) is 2.27. The minimum absolute atomic E-state index is 0.0673. The number of imide groups is 1. The average molecular weight is 475 g/mol. The number of carbonyl (C=O) groups is 3. The van der Waals surface area contributed by atoms with Crippen molar-refractivity contribution in [2.75, 3.05) is 31.7 Å². The Morgan fingerprint density at radius 1 is 1.32 bits per heavy atom. The molecule has 1 aromatic carbocycles. The van der Waals surface area contributed by atoms with E-state index < -0.39 is 17.8 Å². The summed E-state index contributed by atoms with van der Waals surface area (Å²) in [5.74, 6) is 0.585. The molecule has 11 heteroatoms. The van der Waals surface area contributed by atoms with Crippen LogP contribution >= 0.6 is 23.5 Å². The van der Waals surface area contributed by atoms with Crippen LogP contribution in [0.2, 0.25) is 0 Å². The van der Waals surface area contributed by atoms with Crippen molar-refractivity contribution in [3.8, 4) is 11.5 Å². The molecular formula is C20H24F2N2O5S2. The van der Waals surface area contributed by atoms with Crippen molar-refractivity contribution in [2.45, 2.75) is 26.4 Å². The normalized spacial score (nSPS) is 15.1. The smallest absolute Gasteiger partial charge is 0.387 e. The molecule has 0 aromatic heterocycles. The lowest BCUT2D eigenvalue weighted by atomic mass is 10.2. The summed E-state index contributed by atoms with van der Waals surface area (Å²) in [6.07, 6.45) is 3.60. The number of hydrogen-bond acceptors (Lipinski definition) is 7. The fourth-order valence-corrected chi connectivity index (χ4v) is 4.37. The number of halogens is 2. The van der Waals surface area contributed by atoms with E-state index >= 15 is 0 Å². The van der Waals surface area contributed by atoms with Crippen LogP contribution in [0.15, 0.2) is 23.1 Å². The van der Waals surface area contributed by atoms with Crippen molar-refractivity contribution in [3.63, 3.8) is 0 Å². The lowest BCUT2D eigenvalue weighted by Gasteiger charge is -2.13. The predicted octanol–water partition coefficient (Wildman–Crippen LogP) is 3.98. The molecule has 1 N–H and O–H groups in total. The van der Waals surface area contributed by atoms with Gasteiger partial charge >= 0.3 is 6.61 Å². The zero-order valence-corrected chi connectivity index (χ0v) is 18.8. The van der Waals surface area contributed by atoms with Gasteiger partial charge in [0.25, 0.3) is 11.1 Å². The number of nitrogens with zero attached hydrogens (tertiary/aromatic N) is 1. The molecule has 1 aliphatic heterocycles. The first-order chi connectivity index (χ1) is 14.8. The van der Waals surface area contributed by atoms with E-state index in [1.165, 1.54) is 31.4 Å². The van der Waals surface area contributed by atoms with Gasteiger partial charge in [0.1, 0.15) is 0 Å². The van der Waals surface area contributed by atoms with Gasteiger partial charge in [-0.1, -0.05) is 19.4 Å². The number of nitrogens with one attached hydrogen (secondary N) is 1. The van der Waals surface area contributed by atoms with E-state index in [1.54, 1.807) is 11.8 Å². The summed E-state index contributed by atoms with van der Waals surface area (Å²) in [6.45, 7) is -0.672. The van der Waals surface area contributed by atoms with Crippen molar-refractivity contribution < 1.29 is 32.6 Å². The maximum Gasteiger partial charge on any atom is 0.387 e. The number of amides is 3. The summed E-state index contributed by atoms with van der Waals surface area (Å²) >= 11 is 2.32. The quantitative estimate of drug-likeness (QED) is 0.362. The molecule has 0 spiro atoms. The van der Waals surface area contributed by atoms with Crippen LogP contribution in [0, 0.1) is 0 Å². The first-order valence-electron chi connectivity index (χ1n) is 9.58. The first-order valence-corrected chi connectivity index (χ1v) is 11.6. The van der Waals surface area contributed by atoms with E-state index in [1.807, 2.05) is 0 Å². The second-order valence-electron chi connectivity index (χ2n) is 6.38.